The van der Waals surface area contributed by atoms with Crippen LogP contribution in [0.3, 0.4) is 0 Å². The number of aliphatic hydroxyl groups is 1. The standard InChI is InChI=1S/C16H25NO/c1-4-13-7-8-17-15(10-13)16(18)14-6-5-11(2)12(3)9-14/h5-6,9,13,15-18H,4,7-8,10H2,1-3H3. The molecule has 1 aliphatic heterocycles. The van der Waals surface area contributed by atoms with Gasteiger partial charge in [-0.05, 0) is 55.8 Å². The molecule has 0 amide bonds. The second kappa shape index (κ2) is 5.85. The van der Waals surface area contributed by atoms with Crippen LogP contribution in [0.4, 0.5) is 0 Å². The van der Waals surface area contributed by atoms with Gasteiger partial charge in [0.1, 0.15) is 0 Å². The van der Waals surface area contributed by atoms with Gasteiger partial charge in [0.15, 0.2) is 0 Å². The van der Waals surface area contributed by atoms with E-state index in [1.807, 2.05) is 0 Å². The Bertz CT molecular complexity index is 402. The summed E-state index contributed by atoms with van der Waals surface area (Å²) in [4.78, 5) is 0. The van der Waals surface area contributed by atoms with E-state index in [1.165, 1.54) is 24.0 Å². The Morgan fingerprint density at radius 1 is 1.33 bits per heavy atom. The fourth-order valence-corrected chi connectivity index (χ4v) is 2.83. The van der Waals surface area contributed by atoms with E-state index in [1.54, 1.807) is 0 Å². The molecule has 2 nitrogen and oxygen atoms in total. The third-order valence-corrected chi connectivity index (χ3v) is 4.38. The van der Waals surface area contributed by atoms with Gasteiger partial charge in [-0.15, -0.1) is 0 Å². The first-order chi connectivity index (χ1) is 8.61. The van der Waals surface area contributed by atoms with Crippen LogP contribution in [0.25, 0.3) is 0 Å². The summed E-state index contributed by atoms with van der Waals surface area (Å²) in [5.41, 5.74) is 3.59. The lowest BCUT2D eigenvalue weighted by Crippen LogP contribution is -2.42. The van der Waals surface area contributed by atoms with Gasteiger partial charge in [-0.3, -0.25) is 0 Å². The molecule has 3 unspecified atom stereocenters. The Balaban J connectivity index is 2.10. The van der Waals surface area contributed by atoms with Crippen molar-refractivity contribution in [1.82, 2.24) is 5.32 Å². The van der Waals surface area contributed by atoms with E-state index < -0.39 is 0 Å². The van der Waals surface area contributed by atoms with Crippen molar-refractivity contribution in [1.29, 1.82) is 0 Å². The summed E-state index contributed by atoms with van der Waals surface area (Å²) in [6, 6.07) is 6.50. The van der Waals surface area contributed by atoms with E-state index in [4.69, 9.17) is 0 Å². The van der Waals surface area contributed by atoms with Crippen molar-refractivity contribution in [3.8, 4) is 0 Å². The van der Waals surface area contributed by atoms with E-state index in [-0.39, 0.29) is 12.1 Å². The normalized spacial score (nSPS) is 26.0. The maximum atomic E-state index is 10.5. The molecule has 0 spiro atoms. The number of aliphatic hydroxyl groups excluding tert-OH is 1. The topological polar surface area (TPSA) is 32.3 Å². The van der Waals surface area contributed by atoms with Crippen molar-refractivity contribution in [2.75, 3.05) is 6.54 Å². The molecule has 2 rings (SSSR count). The molecule has 0 aliphatic carbocycles. The van der Waals surface area contributed by atoms with Crippen LogP contribution in [0, 0.1) is 19.8 Å². The van der Waals surface area contributed by atoms with E-state index in [0.717, 1.165) is 24.4 Å². The van der Waals surface area contributed by atoms with Crippen LogP contribution < -0.4 is 5.32 Å². The third-order valence-electron chi connectivity index (χ3n) is 4.38. The highest BCUT2D eigenvalue weighted by atomic mass is 16.3. The Labute approximate surface area is 110 Å². The highest BCUT2D eigenvalue weighted by Crippen LogP contribution is 2.28. The first-order valence-corrected chi connectivity index (χ1v) is 7.10. The third kappa shape index (κ3) is 2.93. The quantitative estimate of drug-likeness (QED) is 0.860. The molecule has 0 radical (unpaired) electrons. The van der Waals surface area contributed by atoms with Crippen LogP contribution in [0.1, 0.15) is 49.0 Å². The molecule has 0 aromatic heterocycles. The lowest BCUT2D eigenvalue weighted by atomic mass is 9.86. The number of nitrogens with one attached hydrogen (secondary N) is 1. The Morgan fingerprint density at radius 2 is 2.11 bits per heavy atom. The first-order valence-electron chi connectivity index (χ1n) is 7.10. The molecule has 1 fully saturated rings. The highest BCUT2D eigenvalue weighted by molar-refractivity contribution is 5.31. The summed E-state index contributed by atoms with van der Waals surface area (Å²) < 4.78 is 0. The van der Waals surface area contributed by atoms with Crippen molar-refractivity contribution in [3.63, 3.8) is 0 Å². The average molecular weight is 247 g/mol. The fourth-order valence-electron chi connectivity index (χ4n) is 2.83. The predicted molar refractivity (Wildman–Crippen MR) is 75.7 cm³/mol. The number of piperidine rings is 1. The smallest absolute Gasteiger partial charge is 0.0943 e. The van der Waals surface area contributed by atoms with Crippen molar-refractivity contribution >= 4 is 0 Å². The monoisotopic (exact) mass is 247 g/mol. The van der Waals surface area contributed by atoms with Gasteiger partial charge in [0, 0.05) is 6.04 Å². The molecular weight excluding hydrogens is 222 g/mol. The lowest BCUT2D eigenvalue weighted by Gasteiger charge is -2.33. The van der Waals surface area contributed by atoms with Crippen LogP contribution in [-0.2, 0) is 0 Å². The summed E-state index contributed by atoms with van der Waals surface area (Å²) >= 11 is 0. The van der Waals surface area contributed by atoms with Gasteiger partial charge in [0.2, 0.25) is 0 Å². The van der Waals surface area contributed by atoms with Crippen molar-refractivity contribution < 1.29 is 5.11 Å². The summed E-state index contributed by atoms with van der Waals surface area (Å²) in [6.45, 7) is 7.49. The molecule has 1 aromatic carbocycles. The predicted octanol–water partition coefficient (Wildman–Crippen LogP) is 3.12. The second-order valence-corrected chi connectivity index (χ2v) is 5.65. The SMILES string of the molecule is CCC1CCNC(C(O)c2ccc(C)c(C)c2)C1. The molecular formula is C16H25NO. The number of aryl methyl sites for hydroxylation is 2. The zero-order valence-electron chi connectivity index (χ0n) is 11.7. The van der Waals surface area contributed by atoms with Crippen LogP contribution in [0.5, 0.6) is 0 Å². The fraction of sp³-hybridized carbons (Fsp3) is 0.625. The van der Waals surface area contributed by atoms with Crippen molar-refractivity contribution in [2.45, 2.75) is 52.2 Å². The largest absolute Gasteiger partial charge is 0.387 e. The minimum atomic E-state index is -0.376. The van der Waals surface area contributed by atoms with E-state index in [2.05, 4.69) is 44.3 Å². The van der Waals surface area contributed by atoms with Gasteiger partial charge >= 0.3 is 0 Å². The summed E-state index contributed by atoms with van der Waals surface area (Å²) in [6.07, 6.45) is 3.17. The van der Waals surface area contributed by atoms with Gasteiger partial charge in [-0.2, -0.15) is 0 Å². The number of benzene rings is 1. The summed E-state index contributed by atoms with van der Waals surface area (Å²) in [5, 5.41) is 14.0. The minimum Gasteiger partial charge on any atom is -0.387 e. The van der Waals surface area contributed by atoms with Gasteiger partial charge < -0.3 is 10.4 Å². The zero-order chi connectivity index (χ0) is 13.1. The van der Waals surface area contributed by atoms with E-state index in [9.17, 15) is 5.11 Å². The summed E-state index contributed by atoms with van der Waals surface area (Å²) in [5.74, 6) is 0.762. The van der Waals surface area contributed by atoms with Gasteiger partial charge in [-0.25, -0.2) is 0 Å². The average Bonchev–Trinajstić information content (AvgIpc) is 2.41. The lowest BCUT2D eigenvalue weighted by molar-refractivity contribution is 0.0978. The highest BCUT2D eigenvalue weighted by Gasteiger charge is 2.27. The Kier molecular flexibility index (Phi) is 4.41. The molecule has 0 bridgehead atoms. The number of rotatable bonds is 3. The van der Waals surface area contributed by atoms with Crippen molar-refractivity contribution in [3.05, 3.63) is 34.9 Å². The summed E-state index contributed by atoms with van der Waals surface area (Å²) in [7, 11) is 0. The van der Waals surface area contributed by atoms with E-state index >= 15 is 0 Å². The molecule has 100 valence electrons. The molecule has 1 saturated heterocycles. The van der Waals surface area contributed by atoms with Gasteiger partial charge in [0.05, 0.1) is 6.10 Å². The molecule has 2 heteroatoms. The second-order valence-electron chi connectivity index (χ2n) is 5.65. The molecule has 1 heterocycles. The molecule has 1 aliphatic rings. The van der Waals surface area contributed by atoms with Crippen LogP contribution in [0.15, 0.2) is 18.2 Å². The van der Waals surface area contributed by atoms with Crippen LogP contribution in [0.2, 0.25) is 0 Å². The molecule has 3 atom stereocenters. The Hall–Kier alpha value is -0.860. The molecule has 0 saturated carbocycles. The molecule has 1 aromatic rings. The van der Waals surface area contributed by atoms with Crippen LogP contribution in [-0.4, -0.2) is 17.7 Å². The maximum Gasteiger partial charge on any atom is 0.0943 e. The first kappa shape index (κ1) is 13.6. The Morgan fingerprint density at radius 3 is 2.78 bits per heavy atom. The molecule has 18 heavy (non-hydrogen) atoms. The van der Waals surface area contributed by atoms with Gasteiger partial charge in [-0.1, -0.05) is 31.5 Å². The number of hydrogen-bond donors (Lipinski definition) is 2. The van der Waals surface area contributed by atoms with Gasteiger partial charge in [0.25, 0.3) is 0 Å². The van der Waals surface area contributed by atoms with Crippen LogP contribution >= 0.6 is 0 Å². The zero-order valence-corrected chi connectivity index (χ0v) is 11.7. The van der Waals surface area contributed by atoms with E-state index in [0.29, 0.717) is 0 Å². The molecule has 2 N–H and O–H groups in total. The number of hydrogen-bond acceptors (Lipinski definition) is 2. The van der Waals surface area contributed by atoms with Crippen molar-refractivity contribution in [2.24, 2.45) is 5.92 Å². The minimum absolute atomic E-state index is 0.214. The maximum absolute atomic E-state index is 10.5.